The number of carbonyl (C=O) groups excluding carboxylic acids is 3. The summed E-state index contributed by atoms with van der Waals surface area (Å²) in [6, 6.07) is 10.1. The molecule has 0 unspecified atom stereocenters. The smallest absolute Gasteiger partial charge is 0.317 e. The second-order valence-corrected chi connectivity index (χ2v) is 7.15. The van der Waals surface area contributed by atoms with Crippen LogP contribution in [0.2, 0.25) is 5.02 Å². The molecule has 0 spiro atoms. The summed E-state index contributed by atoms with van der Waals surface area (Å²) in [6.45, 7) is 0. The molecule has 4 amide bonds. The maximum Gasteiger partial charge on any atom is 0.331 e. The van der Waals surface area contributed by atoms with E-state index < -0.39 is 17.8 Å². The molecule has 6 nitrogen and oxygen atoms in total. The number of hydrogen-bond acceptors (Lipinski definition) is 3. The second-order valence-electron chi connectivity index (χ2n) is 6.71. The number of amides is 4. The monoisotopic (exact) mass is 383 g/mol. The number of nitrogens with zero attached hydrogens (tertiary/aromatic N) is 2. The van der Waals surface area contributed by atoms with Crippen LogP contribution in [0.25, 0.3) is 11.8 Å². The van der Waals surface area contributed by atoms with E-state index in [0.717, 1.165) is 31.4 Å². The van der Waals surface area contributed by atoms with E-state index >= 15 is 0 Å². The Kier molecular flexibility index (Phi) is 4.58. The Labute approximate surface area is 161 Å². The number of urea groups is 1. The average molecular weight is 384 g/mol. The number of hydrogen-bond donors (Lipinski definition) is 1. The third-order valence-corrected chi connectivity index (χ3v) is 5.25. The van der Waals surface area contributed by atoms with Crippen LogP contribution in [0.1, 0.15) is 31.4 Å². The first-order chi connectivity index (χ1) is 13.0. The summed E-state index contributed by atoms with van der Waals surface area (Å²) in [5, 5.41) is 2.92. The van der Waals surface area contributed by atoms with Crippen LogP contribution in [0.4, 0.5) is 4.79 Å². The molecule has 138 valence electrons. The zero-order valence-corrected chi connectivity index (χ0v) is 15.3. The first-order valence-electron chi connectivity index (χ1n) is 8.88. The van der Waals surface area contributed by atoms with Crippen LogP contribution < -0.4 is 5.32 Å². The highest BCUT2D eigenvalue weighted by atomic mass is 35.5. The molecule has 1 aromatic carbocycles. The van der Waals surface area contributed by atoms with Crippen molar-refractivity contribution in [2.75, 3.05) is 0 Å². The van der Waals surface area contributed by atoms with Gasteiger partial charge in [-0.15, -0.1) is 0 Å². The van der Waals surface area contributed by atoms with Gasteiger partial charge < -0.3 is 4.57 Å². The van der Waals surface area contributed by atoms with Gasteiger partial charge in [0.2, 0.25) is 0 Å². The number of benzene rings is 1. The van der Waals surface area contributed by atoms with Gasteiger partial charge in [-0.25, -0.2) is 4.79 Å². The van der Waals surface area contributed by atoms with Crippen molar-refractivity contribution in [1.29, 1.82) is 0 Å². The maximum absolute atomic E-state index is 12.9. The van der Waals surface area contributed by atoms with Crippen molar-refractivity contribution >= 4 is 35.5 Å². The lowest BCUT2D eigenvalue weighted by atomic mass is 10.1. The molecule has 0 bridgehead atoms. The molecule has 0 atom stereocenters. The standard InChI is InChI=1S/C20H18ClN3O3/c21-13-7-9-14(10-8-13)23-11-3-6-16(23)12-17-18(25)22-20(27)24(19(17)26)15-4-1-2-5-15/h3,6-12,15H,1-2,4-5H2,(H,22,25,27)/b17-12+. The van der Waals surface area contributed by atoms with Crippen LogP contribution in [0.15, 0.2) is 48.2 Å². The first-order valence-corrected chi connectivity index (χ1v) is 9.26. The zero-order valence-electron chi connectivity index (χ0n) is 14.5. The van der Waals surface area contributed by atoms with Gasteiger partial charge in [0.25, 0.3) is 11.8 Å². The summed E-state index contributed by atoms with van der Waals surface area (Å²) in [6.07, 6.45) is 6.88. The van der Waals surface area contributed by atoms with Crippen molar-refractivity contribution in [3.63, 3.8) is 0 Å². The predicted molar refractivity (Wildman–Crippen MR) is 101 cm³/mol. The fraction of sp³-hybridized carbons (Fsp3) is 0.250. The van der Waals surface area contributed by atoms with Gasteiger partial charge in [-0.3, -0.25) is 19.8 Å². The molecular weight excluding hydrogens is 366 g/mol. The summed E-state index contributed by atoms with van der Waals surface area (Å²) in [5.41, 5.74) is 1.48. The molecule has 2 aliphatic rings. The summed E-state index contributed by atoms with van der Waals surface area (Å²) in [7, 11) is 0. The van der Waals surface area contributed by atoms with Gasteiger partial charge in [0.05, 0.1) is 0 Å². The number of imide groups is 2. The van der Waals surface area contributed by atoms with E-state index in [9.17, 15) is 14.4 Å². The van der Waals surface area contributed by atoms with Gasteiger partial charge in [0.1, 0.15) is 5.57 Å². The Bertz CT molecular complexity index is 940. The molecule has 2 heterocycles. The summed E-state index contributed by atoms with van der Waals surface area (Å²) in [4.78, 5) is 38.6. The van der Waals surface area contributed by atoms with E-state index in [0.29, 0.717) is 10.7 Å². The van der Waals surface area contributed by atoms with Crippen LogP contribution in [-0.4, -0.2) is 33.4 Å². The summed E-state index contributed by atoms with van der Waals surface area (Å²) >= 11 is 5.94. The average Bonchev–Trinajstić information content (AvgIpc) is 3.31. The number of halogens is 1. The number of barbiturate groups is 1. The molecule has 1 saturated heterocycles. The fourth-order valence-corrected chi connectivity index (χ4v) is 3.79. The second kappa shape index (κ2) is 7.04. The van der Waals surface area contributed by atoms with Crippen molar-refractivity contribution in [1.82, 2.24) is 14.8 Å². The molecule has 2 aromatic rings. The van der Waals surface area contributed by atoms with Crippen molar-refractivity contribution < 1.29 is 14.4 Å². The number of aromatic nitrogens is 1. The topological polar surface area (TPSA) is 71.4 Å². The molecule has 1 aliphatic carbocycles. The van der Waals surface area contributed by atoms with Crippen molar-refractivity contribution in [3.05, 3.63) is 58.9 Å². The maximum atomic E-state index is 12.9. The number of carbonyl (C=O) groups is 3. The third kappa shape index (κ3) is 3.28. The highest BCUT2D eigenvalue weighted by Crippen LogP contribution is 2.27. The molecule has 0 radical (unpaired) electrons. The Morgan fingerprint density at radius 1 is 1.04 bits per heavy atom. The quantitative estimate of drug-likeness (QED) is 0.651. The SMILES string of the molecule is O=C1NC(=O)N(C2CCCC2)C(=O)/C1=C/c1cccn1-c1ccc(Cl)cc1. The number of nitrogens with one attached hydrogen (secondary N) is 1. The van der Waals surface area contributed by atoms with Crippen LogP contribution in [0.5, 0.6) is 0 Å². The lowest BCUT2D eigenvalue weighted by Gasteiger charge is -2.31. The Balaban J connectivity index is 1.70. The Hall–Kier alpha value is -2.86. The molecule has 1 aliphatic heterocycles. The van der Waals surface area contributed by atoms with E-state index in [4.69, 9.17) is 11.6 Å². The molecule has 27 heavy (non-hydrogen) atoms. The highest BCUT2D eigenvalue weighted by molar-refractivity contribution is 6.31. The van der Waals surface area contributed by atoms with E-state index in [1.165, 1.54) is 11.0 Å². The molecule has 1 saturated carbocycles. The van der Waals surface area contributed by atoms with E-state index in [1.807, 2.05) is 29.0 Å². The van der Waals surface area contributed by atoms with Gasteiger partial charge in [-0.2, -0.15) is 0 Å². The zero-order chi connectivity index (χ0) is 19.0. The van der Waals surface area contributed by atoms with Crippen LogP contribution >= 0.6 is 11.6 Å². The largest absolute Gasteiger partial charge is 0.331 e. The highest BCUT2D eigenvalue weighted by Gasteiger charge is 2.40. The fourth-order valence-electron chi connectivity index (χ4n) is 3.66. The normalized spacial score (nSPS) is 19.8. The first kappa shape index (κ1) is 17.5. The van der Waals surface area contributed by atoms with Crippen molar-refractivity contribution in [3.8, 4) is 5.69 Å². The predicted octanol–water partition coefficient (Wildman–Crippen LogP) is 3.54. The molecule has 2 fully saturated rings. The van der Waals surface area contributed by atoms with Gasteiger partial charge in [0, 0.05) is 28.6 Å². The van der Waals surface area contributed by atoms with E-state index in [2.05, 4.69) is 5.32 Å². The van der Waals surface area contributed by atoms with Crippen molar-refractivity contribution in [2.45, 2.75) is 31.7 Å². The van der Waals surface area contributed by atoms with Crippen LogP contribution in [-0.2, 0) is 9.59 Å². The minimum Gasteiger partial charge on any atom is -0.317 e. The van der Waals surface area contributed by atoms with Crippen LogP contribution in [0, 0.1) is 0 Å². The van der Waals surface area contributed by atoms with Crippen molar-refractivity contribution in [2.24, 2.45) is 0 Å². The summed E-state index contributed by atoms with van der Waals surface area (Å²) < 4.78 is 1.85. The van der Waals surface area contributed by atoms with Crippen LogP contribution in [0.3, 0.4) is 0 Å². The molecule has 1 N–H and O–H groups in total. The molecule has 4 rings (SSSR count). The van der Waals surface area contributed by atoms with Gasteiger partial charge in [-0.05, 0) is 55.3 Å². The number of rotatable bonds is 3. The molecule has 1 aromatic heterocycles. The Morgan fingerprint density at radius 3 is 2.44 bits per heavy atom. The van der Waals surface area contributed by atoms with Gasteiger partial charge in [0.15, 0.2) is 0 Å². The van der Waals surface area contributed by atoms with Gasteiger partial charge >= 0.3 is 6.03 Å². The molecular formula is C20H18ClN3O3. The minimum absolute atomic E-state index is 0.0320. The minimum atomic E-state index is -0.664. The van der Waals surface area contributed by atoms with Gasteiger partial charge in [-0.1, -0.05) is 24.4 Å². The Morgan fingerprint density at radius 2 is 1.74 bits per heavy atom. The molecule has 7 heteroatoms. The van der Waals surface area contributed by atoms with E-state index in [1.54, 1.807) is 18.2 Å². The lowest BCUT2D eigenvalue weighted by molar-refractivity contribution is -0.131. The summed E-state index contributed by atoms with van der Waals surface area (Å²) in [5.74, 6) is -1.19. The van der Waals surface area contributed by atoms with E-state index in [-0.39, 0.29) is 11.6 Å². The lowest BCUT2D eigenvalue weighted by Crippen LogP contribution is -2.57. The third-order valence-electron chi connectivity index (χ3n) is 5.00.